The van der Waals surface area contributed by atoms with E-state index in [2.05, 4.69) is 16.0 Å². The van der Waals surface area contributed by atoms with Crippen LogP contribution in [-0.4, -0.2) is 36.5 Å². The lowest BCUT2D eigenvalue weighted by Gasteiger charge is -2.10. The minimum Gasteiger partial charge on any atom is -0.359 e. The molecule has 2 amide bonds. The van der Waals surface area contributed by atoms with E-state index >= 15 is 0 Å². The zero-order chi connectivity index (χ0) is 13.7. The Hall–Kier alpha value is -1.53. The molecular weight excluding hydrogens is 262 g/mol. The molecule has 1 fully saturated rings. The van der Waals surface area contributed by atoms with Crippen LogP contribution >= 0.6 is 11.8 Å². The molecule has 19 heavy (non-hydrogen) atoms. The third kappa shape index (κ3) is 3.97. The van der Waals surface area contributed by atoms with Crippen molar-refractivity contribution in [2.24, 2.45) is 0 Å². The average Bonchev–Trinajstić information content (AvgIpc) is 2.95. The van der Waals surface area contributed by atoms with Gasteiger partial charge in [-0.05, 0) is 17.7 Å². The Morgan fingerprint density at radius 2 is 2.11 bits per heavy atom. The van der Waals surface area contributed by atoms with E-state index in [0.29, 0.717) is 6.42 Å². The Morgan fingerprint density at radius 1 is 1.37 bits per heavy atom. The second-order valence-corrected chi connectivity index (χ2v) is 5.34. The smallest absolute Gasteiger partial charge is 0.242 e. The van der Waals surface area contributed by atoms with Crippen molar-refractivity contribution in [3.63, 3.8) is 0 Å². The number of carbonyl (C=O) groups excluding carboxylic acids is 2. The fraction of sp³-hybridized carbons (Fsp3) is 0.385. The lowest BCUT2D eigenvalue weighted by atomic mass is 10.1. The number of thioether (sulfide) groups is 1. The summed E-state index contributed by atoms with van der Waals surface area (Å²) in [4.78, 5) is 23.1. The van der Waals surface area contributed by atoms with Crippen molar-refractivity contribution in [1.82, 2.24) is 10.6 Å². The van der Waals surface area contributed by atoms with Gasteiger partial charge in [-0.25, -0.2) is 0 Å². The number of anilines is 1. The van der Waals surface area contributed by atoms with Crippen LogP contribution in [0.15, 0.2) is 24.3 Å². The molecule has 1 unspecified atom stereocenters. The highest BCUT2D eigenvalue weighted by atomic mass is 32.2. The molecule has 1 aromatic carbocycles. The van der Waals surface area contributed by atoms with Gasteiger partial charge >= 0.3 is 0 Å². The summed E-state index contributed by atoms with van der Waals surface area (Å²) in [6.07, 6.45) is 0.353. The fourth-order valence-corrected chi connectivity index (χ4v) is 2.71. The number of carbonyl (C=O) groups is 2. The number of amides is 2. The molecule has 1 aliphatic rings. The molecule has 1 aromatic rings. The van der Waals surface area contributed by atoms with Crippen molar-refractivity contribution >= 4 is 29.3 Å². The van der Waals surface area contributed by atoms with E-state index in [-0.39, 0.29) is 17.9 Å². The minimum absolute atomic E-state index is 0.0101. The van der Waals surface area contributed by atoms with E-state index < -0.39 is 0 Å². The van der Waals surface area contributed by atoms with Crippen LogP contribution in [0.2, 0.25) is 0 Å². The Morgan fingerprint density at radius 3 is 2.68 bits per heavy atom. The first kappa shape index (κ1) is 13.9. The molecule has 1 saturated heterocycles. The van der Waals surface area contributed by atoms with E-state index in [1.54, 1.807) is 18.8 Å². The summed E-state index contributed by atoms with van der Waals surface area (Å²) in [6.45, 7) is 0. The van der Waals surface area contributed by atoms with Crippen molar-refractivity contribution in [3.8, 4) is 0 Å². The van der Waals surface area contributed by atoms with Crippen molar-refractivity contribution in [2.75, 3.05) is 24.0 Å². The maximum atomic E-state index is 11.9. The molecule has 6 heteroatoms. The van der Waals surface area contributed by atoms with Gasteiger partial charge in [-0.3, -0.25) is 14.9 Å². The maximum Gasteiger partial charge on any atom is 0.242 e. The summed E-state index contributed by atoms with van der Waals surface area (Å²) in [5, 5.41) is 8.56. The van der Waals surface area contributed by atoms with Crippen LogP contribution in [0.1, 0.15) is 5.56 Å². The van der Waals surface area contributed by atoms with Gasteiger partial charge in [0.25, 0.3) is 0 Å². The topological polar surface area (TPSA) is 70.2 Å². The van der Waals surface area contributed by atoms with E-state index in [9.17, 15) is 9.59 Å². The van der Waals surface area contributed by atoms with Gasteiger partial charge in [-0.15, -0.1) is 11.8 Å². The quantitative estimate of drug-likeness (QED) is 0.754. The number of hydrogen-bond acceptors (Lipinski definition) is 4. The van der Waals surface area contributed by atoms with Gasteiger partial charge in [0.2, 0.25) is 11.8 Å². The summed E-state index contributed by atoms with van der Waals surface area (Å²) in [5.74, 6) is 1.59. The Labute approximate surface area is 116 Å². The molecule has 1 atom stereocenters. The second-order valence-electron chi connectivity index (χ2n) is 4.31. The SMILES string of the molecule is CNC(=O)Cc1ccc(NC(=O)C2CSCN2)cc1. The van der Waals surface area contributed by atoms with E-state index in [0.717, 1.165) is 22.9 Å². The summed E-state index contributed by atoms with van der Waals surface area (Å²) in [7, 11) is 1.61. The Balaban J connectivity index is 1.91. The number of rotatable bonds is 4. The summed E-state index contributed by atoms with van der Waals surface area (Å²) >= 11 is 1.72. The normalized spacial score (nSPS) is 18.1. The van der Waals surface area contributed by atoms with Gasteiger partial charge in [-0.1, -0.05) is 12.1 Å². The van der Waals surface area contributed by atoms with E-state index in [1.165, 1.54) is 0 Å². The van der Waals surface area contributed by atoms with Gasteiger partial charge < -0.3 is 10.6 Å². The molecule has 102 valence electrons. The maximum absolute atomic E-state index is 11.9. The highest BCUT2D eigenvalue weighted by Gasteiger charge is 2.22. The molecule has 0 saturated carbocycles. The van der Waals surface area contributed by atoms with Crippen LogP contribution in [0.5, 0.6) is 0 Å². The van der Waals surface area contributed by atoms with Gasteiger partial charge in [0.05, 0.1) is 12.5 Å². The van der Waals surface area contributed by atoms with Crippen molar-refractivity contribution in [1.29, 1.82) is 0 Å². The van der Waals surface area contributed by atoms with E-state index in [1.807, 2.05) is 24.3 Å². The van der Waals surface area contributed by atoms with Gasteiger partial charge in [0, 0.05) is 24.4 Å². The largest absolute Gasteiger partial charge is 0.359 e. The summed E-state index contributed by atoms with van der Waals surface area (Å²) < 4.78 is 0. The van der Waals surface area contributed by atoms with E-state index in [4.69, 9.17) is 0 Å². The highest BCUT2D eigenvalue weighted by molar-refractivity contribution is 7.99. The lowest BCUT2D eigenvalue weighted by molar-refractivity contribution is -0.120. The van der Waals surface area contributed by atoms with Crippen molar-refractivity contribution < 1.29 is 9.59 Å². The molecule has 0 aliphatic carbocycles. The molecule has 1 heterocycles. The number of likely N-dealkylation sites (N-methyl/N-ethyl adjacent to an activating group) is 1. The highest BCUT2D eigenvalue weighted by Crippen LogP contribution is 2.14. The van der Waals surface area contributed by atoms with Gasteiger partial charge in [-0.2, -0.15) is 0 Å². The number of nitrogens with one attached hydrogen (secondary N) is 3. The van der Waals surface area contributed by atoms with Crippen LogP contribution in [0.25, 0.3) is 0 Å². The summed E-state index contributed by atoms with van der Waals surface area (Å²) in [5.41, 5.74) is 1.68. The van der Waals surface area contributed by atoms with Gasteiger partial charge in [0.15, 0.2) is 0 Å². The molecule has 0 aromatic heterocycles. The average molecular weight is 279 g/mol. The third-order valence-electron chi connectivity index (χ3n) is 2.90. The van der Waals surface area contributed by atoms with Crippen LogP contribution in [0.4, 0.5) is 5.69 Å². The first-order valence-corrected chi connectivity index (χ1v) is 7.26. The first-order chi connectivity index (χ1) is 9.19. The Kier molecular flexibility index (Phi) is 4.81. The second kappa shape index (κ2) is 6.58. The predicted octanol–water partition coefficient (Wildman–Crippen LogP) is 0.576. The third-order valence-corrected chi connectivity index (χ3v) is 3.84. The van der Waals surface area contributed by atoms with Crippen LogP contribution in [0, 0.1) is 0 Å². The molecule has 5 nitrogen and oxygen atoms in total. The zero-order valence-electron chi connectivity index (χ0n) is 10.7. The standard InChI is InChI=1S/C13H17N3O2S/c1-14-12(17)6-9-2-4-10(5-3-9)16-13(18)11-7-19-8-15-11/h2-5,11,15H,6-8H2,1H3,(H,14,17)(H,16,18). The number of hydrogen-bond donors (Lipinski definition) is 3. The molecule has 0 spiro atoms. The molecule has 0 bridgehead atoms. The fourth-order valence-electron chi connectivity index (χ4n) is 1.77. The Bertz CT molecular complexity index is 455. The molecular formula is C13H17N3O2S. The molecule has 1 aliphatic heterocycles. The monoisotopic (exact) mass is 279 g/mol. The van der Waals surface area contributed by atoms with Crippen LogP contribution in [0.3, 0.4) is 0 Å². The predicted molar refractivity (Wildman–Crippen MR) is 77.1 cm³/mol. The minimum atomic E-state index is -0.115. The first-order valence-electron chi connectivity index (χ1n) is 6.10. The van der Waals surface area contributed by atoms with Gasteiger partial charge in [0.1, 0.15) is 0 Å². The summed E-state index contributed by atoms with van der Waals surface area (Å²) in [6, 6.07) is 7.22. The van der Waals surface area contributed by atoms with Crippen LogP contribution < -0.4 is 16.0 Å². The van der Waals surface area contributed by atoms with Crippen molar-refractivity contribution in [2.45, 2.75) is 12.5 Å². The molecule has 2 rings (SSSR count). The van der Waals surface area contributed by atoms with Crippen LogP contribution in [-0.2, 0) is 16.0 Å². The lowest BCUT2D eigenvalue weighted by Crippen LogP contribution is -2.37. The zero-order valence-corrected chi connectivity index (χ0v) is 11.5. The molecule has 3 N–H and O–H groups in total. The molecule has 0 radical (unpaired) electrons. The van der Waals surface area contributed by atoms with Crippen molar-refractivity contribution in [3.05, 3.63) is 29.8 Å². The number of benzene rings is 1.